The highest BCUT2D eigenvalue weighted by Crippen LogP contribution is 2.24. The summed E-state index contributed by atoms with van der Waals surface area (Å²) < 4.78 is 10.0. The molecular formula is C16H15ClN2O5. The van der Waals surface area contributed by atoms with Gasteiger partial charge in [0.15, 0.2) is 6.10 Å². The number of carbonyl (C=O) groups is 2. The van der Waals surface area contributed by atoms with E-state index in [1.807, 2.05) is 0 Å². The average molecular weight is 351 g/mol. The maximum Gasteiger partial charge on any atom is 0.342 e. The van der Waals surface area contributed by atoms with Crippen molar-refractivity contribution in [2.24, 2.45) is 0 Å². The van der Waals surface area contributed by atoms with Gasteiger partial charge in [0, 0.05) is 6.20 Å². The molecule has 0 unspecified atom stereocenters. The molecule has 1 aromatic carbocycles. The van der Waals surface area contributed by atoms with Crippen molar-refractivity contribution in [3.63, 3.8) is 0 Å². The largest absolute Gasteiger partial charge is 0.507 e. The van der Waals surface area contributed by atoms with Crippen LogP contribution in [-0.4, -0.2) is 35.2 Å². The van der Waals surface area contributed by atoms with Gasteiger partial charge in [0.1, 0.15) is 22.9 Å². The van der Waals surface area contributed by atoms with Crippen LogP contribution in [0.25, 0.3) is 0 Å². The lowest BCUT2D eigenvalue weighted by atomic mass is 10.2. The van der Waals surface area contributed by atoms with Crippen LogP contribution in [0.3, 0.4) is 0 Å². The van der Waals surface area contributed by atoms with Gasteiger partial charge >= 0.3 is 5.97 Å². The van der Waals surface area contributed by atoms with Crippen LogP contribution in [0.5, 0.6) is 11.5 Å². The number of amides is 1. The Morgan fingerprint density at radius 1 is 1.29 bits per heavy atom. The Morgan fingerprint density at radius 2 is 2.04 bits per heavy atom. The van der Waals surface area contributed by atoms with Crippen molar-refractivity contribution >= 4 is 29.3 Å². The number of nitrogens with zero attached hydrogens (tertiary/aromatic N) is 1. The van der Waals surface area contributed by atoms with Crippen LogP contribution in [0.1, 0.15) is 17.3 Å². The van der Waals surface area contributed by atoms with Crippen LogP contribution in [-0.2, 0) is 9.53 Å². The smallest absolute Gasteiger partial charge is 0.342 e. The zero-order chi connectivity index (χ0) is 17.7. The number of esters is 1. The third kappa shape index (κ3) is 4.36. The van der Waals surface area contributed by atoms with E-state index in [2.05, 4.69) is 10.3 Å². The number of methoxy groups -OCH3 is 1. The molecule has 0 saturated carbocycles. The number of benzene rings is 1. The Morgan fingerprint density at radius 3 is 2.67 bits per heavy atom. The molecule has 0 bridgehead atoms. The number of rotatable bonds is 5. The summed E-state index contributed by atoms with van der Waals surface area (Å²) in [5.74, 6) is -1.04. The number of anilines is 1. The van der Waals surface area contributed by atoms with Crippen molar-refractivity contribution < 1.29 is 24.2 Å². The summed E-state index contributed by atoms with van der Waals surface area (Å²) in [7, 11) is 1.43. The minimum absolute atomic E-state index is 0.0985. The molecular weight excluding hydrogens is 336 g/mol. The van der Waals surface area contributed by atoms with Crippen LogP contribution in [0, 0.1) is 0 Å². The van der Waals surface area contributed by atoms with Crippen LogP contribution in [0.4, 0.5) is 5.82 Å². The highest BCUT2D eigenvalue weighted by molar-refractivity contribution is 6.30. The van der Waals surface area contributed by atoms with E-state index >= 15 is 0 Å². The van der Waals surface area contributed by atoms with E-state index in [-0.39, 0.29) is 17.1 Å². The number of aromatic nitrogens is 1. The molecule has 2 aromatic rings. The van der Waals surface area contributed by atoms with Crippen LogP contribution in [0.2, 0.25) is 5.02 Å². The van der Waals surface area contributed by atoms with Crippen molar-refractivity contribution in [1.82, 2.24) is 4.98 Å². The summed E-state index contributed by atoms with van der Waals surface area (Å²) in [5.41, 5.74) is -0.0985. The van der Waals surface area contributed by atoms with Crippen molar-refractivity contribution in [3.8, 4) is 11.5 Å². The first kappa shape index (κ1) is 17.6. The van der Waals surface area contributed by atoms with E-state index in [1.54, 1.807) is 6.07 Å². The lowest BCUT2D eigenvalue weighted by Gasteiger charge is -2.14. The van der Waals surface area contributed by atoms with Crippen LogP contribution < -0.4 is 10.1 Å². The number of hydrogen-bond donors (Lipinski definition) is 2. The normalized spacial score (nSPS) is 11.5. The highest BCUT2D eigenvalue weighted by atomic mass is 35.5. The molecule has 24 heavy (non-hydrogen) atoms. The number of nitrogens with one attached hydrogen (secondary N) is 1. The zero-order valence-electron chi connectivity index (χ0n) is 12.9. The number of phenols is 1. The molecule has 7 nitrogen and oxygen atoms in total. The maximum atomic E-state index is 12.1. The van der Waals surface area contributed by atoms with Gasteiger partial charge in [-0.05, 0) is 37.3 Å². The van der Waals surface area contributed by atoms with E-state index in [4.69, 9.17) is 21.1 Å². The lowest BCUT2D eigenvalue weighted by molar-refractivity contribution is -0.123. The highest BCUT2D eigenvalue weighted by Gasteiger charge is 2.21. The summed E-state index contributed by atoms with van der Waals surface area (Å²) in [6.07, 6.45) is 0.280. The van der Waals surface area contributed by atoms with E-state index in [9.17, 15) is 14.7 Å². The third-order valence-electron chi connectivity index (χ3n) is 3.06. The number of pyridine rings is 1. The second-order valence-electron chi connectivity index (χ2n) is 4.78. The molecule has 8 heteroatoms. The van der Waals surface area contributed by atoms with Crippen molar-refractivity contribution in [2.75, 3.05) is 12.4 Å². The van der Waals surface area contributed by atoms with Crippen LogP contribution in [0.15, 0.2) is 36.5 Å². The molecule has 0 spiro atoms. The number of ether oxygens (including phenoxy) is 2. The van der Waals surface area contributed by atoms with Gasteiger partial charge in [-0.25, -0.2) is 9.78 Å². The Bertz CT molecular complexity index is 749. The monoisotopic (exact) mass is 350 g/mol. The Labute approximate surface area is 143 Å². The first-order chi connectivity index (χ1) is 11.4. The predicted octanol–water partition coefficient (Wildman–Crippen LogP) is 2.63. The molecule has 0 aliphatic carbocycles. The molecule has 0 saturated heterocycles. The molecule has 0 radical (unpaired) electrons. The summed E-state index contributed by atoms with van der Waals surface area (Å²) in [6.45, 7) is 1.40. The minimum Gasteiger partial charge on any atom is -0.507 e. The van der Waals surface area contributed by atoms with Gasteiger partial charge in [-0.2, -0.15) is 0 Å². The van der Waals surface area contributed by atoms with E-state index in [0.29, 0.717) is 10.8 Å². The van der Waals surface area contributed by atoms with E-state index in [0.717, 1.165) is 0 Å². The molecule has 1 amide bonds. The van der Waals surface area contributed by atoms with Crippen molar-refractivity contribution in [2.45, 2.75) is 13.0 Å². The average Bonchev–Trinajstić information content (AvgIpc) is 2.57. The number of aromatic hydroxyl groups is 1. The van der Waals surface area contributed by atoms with Crippen molar-refractivity contribution in [3.05, 3.63) is 47.1 Å². The van der Waals surface area contributed by atoms with Crippen LogP contribution >= 0.6 is 11.6 Å². The minimum atomic E-state index is -1.10. The fraction of sp³-hybridized carbons (Fsp3) is 0.188. The van der Waals surface area contributed by atoms with E-state index < -0.39 is 18.0 Å². The fourth-order valence-corrected chi connectivity index (χ4v) is 1.87. The summed E-state index contributed by atoms with van der Waals surface area (Å²) in [6, 6.07) is 7.20. The second kappa shape index (κ2) is 7.65. The molecule has 126 valence electrons. The lowest BCUT2D eigenvalue weighted by Crippen LogP contribution is -2.30. The second-order valence-corrected chi connectivity index (χ2v) is 5.22. The van der Waals surface area contributed by atoms with Gasteiger partial charge in [0.2, 0.25) is 0 Å². The van der Waals surface area contributed by atoms with Gasteiger partial charge in [-0.1, -0.05) is 11.6 Å². The first-order valence-electron chi connectivity index (χ1n) is 6.91. The standard InChI is InChI=1S/C16H15ClN2O5/c1-9(15(21)19-14-6-3-10(17)8-18-14)24-16(22)12-7-11(23-2)4-5-13(12)20/h3-9,20H,1-2H3,(H,18,19,21)/t9-/m0/s1. The SMILES string of the molecule is COc1ccc(O)c(C(=O)O[C@@H](C)C(=O)Nc2ccc(Cl)cn2)c1. The molecule has 2 N–H and O–H groups in total. The summed E-state index contributed by atoms with van der Waals surface area (Å²) in [4.78, 5) is 28.0. The fourth-order valence-electron chi connectivity index (χ4n) is 1.76. The molecule has 1 heterocycles. The number of halogens is 1. The maximum absolute atomic E-state index is 12.1. The quantitative estimate of drug-likeness (QED) is 0.804. The van der Waals surface area contributed by atoms with Gasteiger partial charge in [-0.15, -0.1) is 0 Å². The Hall–Kier alpha value is -2.80. The van der Waals surface area contributed by atoms with Gasteiger partial charge in [0.25, 0.3) is 5.91 Å². The molecule has 1 aromatic heterocycles. The molecule has 1 atom stereocenters. The number of phenolic OH excluding ortho intramolecular Hbond substituents is 1. The van der Waals surface area contributed by atoms with Crippen molar-refractivity contribution in [1.29, 1.82) is 0 Å². The van der Waals surface area contributed by atoms with Gasteiger partial charge < -0.3 is 19.9 Å². The topological polar surface area (TPSA) is 97.8 Å². The molecule has 2 rings (SSSR count). The molecule has 0 aliphatic heterocycles. The zero-order valence-corrected chi connectivity index (χ0v) is 13.7. The van der Waals surface area contributed by atoms with E-state index in [1.165, 1.54) is 44.5 Å². The number of carbonyl (C=O) groups excluding carboxylic acids is 2. The summed E-state index contributed by atoms with van der Waals surface area (Å²) in [5, 5.41) is 12.7. The Kier molecular flexibility index (Phi) is 5.59. The van der Waals surface area contributed by atoms with Gasteiger partial charge in [-0.3, -0.25) is 4.79 Å². The van der Waals surface area contributed by atoms with Gasteiger partial charge in [0.05, 0.1) is 12.1 Å². The predicted molar refractivity (Wildman–Crippen MR) is 87.4 cm³/mol. The number of hydrogen-bond acceptors (Lipinski definition) is 6. The molecule has 0 aliphatic rings. The third-order valence-corrected chi connectivity index (χ3v) is 3.28. The Balaban J connectivity index is 2.02. The summed E-state index contributed by atoms with van der Waals surface area (Å²) >= 11 is 5.71. The first-order valence-corrected chi connectivity index (χ1v) is 7.29. The molecule has 0 fully saturated rings.